The maximum absolute atomic E-state index is 10.7. The van der Waals surface area contributed by atoms with E-state index in [0.29, 0.717) is 19.0 Å². The summed E-state index contributed by atoms with van der Waals surface area (Å²) in [5.74, 6) is 0.552. The molecule has 1 fully saturated rings. The van der Waals surface area contributed by atoms with E-state index < -0.39 is 11.3 Å². The molecule has 1 atom stereocenters. The molecule has 4 rings (SSSR count). The van der Waals surface area contributed by atoms with Crippen molar-refractivity contribution in [3.63, 3.8) is 0 Å². The highest BCUT2D eigenvalue weighted by atomic mass is 32.2. The van der Waals surface area contributed by atoms with Gasteiger partial charge in [0.15, 0.2) is 0 Å². The van der Waals surface area contributed by atoms with E-state index in [-0.39, 0.29) is 0 Å². The first kappa shape index (κ1) is 21.8. The van der Waals surface area contributed by atoms with Gasteiger partial charge in [0, 0.05) is 19.3 Å². The molecule has 164 valence electrons. The molecule has 1 aromatic carbocycles. The number of rotatable bonds is 9. The first-order chi connectivity index (χ1) is 15.2. The van der Waals surface area contributed by atoms with Crippen LogP contribution in [-0.2, 0) is 30.8 Å². The Kier molecular flexibility index (Phi) is 7.52. The van der Waals surface area contributed by atoms with Crippen LogP contribution in [0.4, 0.5) is 0 Å². The largest absolute Gasteiger partial charge is 0.297 e. The third kappa shape index (κ3) is 6.51. The monoisotopic (exact) mass is 440 g/mol. The lowest BCUT2D eigenvalue weighted by atomic mass is 9.88. The number of pyridine rings is 1. The summed E-state index contributed by atoms with van der Waals surface area (Å²) in [7, 11) is 0. The average Bonchev–Trinajstić information content (AvgIpc) is 3.21. The molecule has 9 heteroatoms. The Morgan fingerprint density at radius 2 is 1.97 bits per heavy atom. The SMILES string of the molecule is O=S(O)NCCc1cccc(C2CCN(Cc3cn(Cc4ccccn4)nn3)CC2)c1. The first-order valence-electron chi connectivity index (χ1n) is 10.6. The number of benzene rings is 1. The number of likely N-dealkylation sites (tertiary alicyclic amines) is 1. The molecule has 0 radical (unpaired) electrons. The number of nitrogens with one attached hydrogen (secondary N) is 1. The quantitative estimate of drug-likeness (QED) is 0.496. The minimum atomic E-state index is -1.95. The van der Waals surface area contributed by atoms with Crippen molar-refractivity contribution < 1.29 is 8.76 Å². The van der Waals surface area contributed by atoms with Crippen LogP contribution in [-0.4, -0.2) is 53.3 Å². The predicted octanol–water partition coefficient (Wildman–Crippen LogP) is 2.37. The fourth-order valence-corrected chi connectivity index (χ4v) is 4.36. The Morgan fingerprint density at radius 3 is 2.74 bits per heavy atom. The molecule has 8 nitrogen and oxygen atoms in total. The number of nitrogens with zero attached hydrogens (tertiary/aromatic N) is 5. The Hall–Kier alpha value is -2.46. The lowest BCUT2D eigenvalue weighted by Gasteiger charge is -2.31. The topological polar surface area (TPSA) is 96.2 Å². The summed E-state index contributed by atoms with van der Waals surface area (Å²) in [6.45, 7) is 4.01. The number of hydrogen-bond acceptors (Lipinski definition) is 5. The van der Waals surface area contributed by atoms with Gasteiger partial charge in [0.1, 0.15) is 0 Å². The highest BCUT2D eigenvalue weighted by molar-refractivity contribution is 7.77. The smallest absolute Gasteiger partial charge is 0.231 e. The van der Waals surface area contributed by atoms with Gasteiger partial charge in [-0.05, 0) is 61.5 Å². The van der Waals surface area contributed by atoms with Crippen LogP contribution in [0, 0.1) is 0 Å². The van der Waals surface area contributed by atoms with E-state index in [1.165, 1.54) is 11.1 Å². The van der Waals surface area contributed by atoms with Gasteiger partial charge in [-0.3, -0.25) is 14.4 Å². The van der Waals surface area contributed by atoms with E-state index >= 15 is 0 Å². The number of aromatic nitrogens is 4. The van der Waals surface area contributed by atoms with Gasteiger partial charge in [0.25, 0.3) is 0 Å². The van der Waals surface area contributed by atoms with Crippen LogP contribution < -0.4 is 4.72 Å². The predicted molar refractivity (Wildman–Crippen MR) is 120 cm³/mol. The van der Waals surface area contributed by atoms with Gasteiger partial charge in [-0.15, -0.1) is 5.10 Å². The van der Waals surface area contributed by atoms with Crippen LogP contribution in [0.25, 0.3) is 0 Å². The molecular formula is C22H28N6O2S. The zero-order valence-corrected chi connectivity index (χ0v) is 18.2. The summed E-state index contributed by atoms with van der Waals surface area (Å²) < 4.78 is 23.9. The summed E-state index contributed by atoms with van der Waals surface area (Å²) in [6.07, 6.45) is 6.78. The summed E-state index contributed by atoms with van der Waals surface area (Å²) >= 11 is -1.95. The molecule has 1 aliphatic heterocycles. The number of hydrogen-bond donors (Lipinski definition) is 2. The van der Waals surface area contributed by atoms with Crippen molar-refractivity contribution in [2.45, 2.75) is 38.3 Å². The van der Waals surface area contributed by atoms with Gasteiger partial charge >= 0.3 is 0 Å². The second kappa shape index (κ2) is 10.7. The lowest BCUT2D eigenvalue weighted by Crippen LogP contribution is -2.32. The summed E-state index contributed by atoms with van der Waals surface area (Å²) in [6, 6.07) is 14.5. The van der Waals surface area contributed by atoms with E-state index in [0.717, 1.165) is 50.3 Å². The van der Waals surface area contributed by atoms with E-state index in [9.17, 15) is 4.21 Å². The van der Waals surface area contributed by atoms with E-state index in [1.54, 1.807) is 6.20 Å². The van der Waals surface area contributed by atoms with E-state index in [1.807, 2.05) is 29.1 Å². The van der Waals surface area contributed by atoms with Gasteiger partial charge in [0.05, 0.1) is 24.1 Å². The molecule has 1 unspecified atom stereocenters. The molecule has 3 aromatic rings. The van der Waals surface area contributed by atoms with Crippen LogP contribution in [0.5, 0.6) is 0 Å². The minimum Gasteiger partial charge on any atom is -0.297 e. The van der Waals surface area contributed by atoms with Crippen LogP contribution in [0.15, 0.2) is 54.9 Å². The molecule has 0 spiro atoms. The molecule has 3 heterocycles. The molecule has 1 aliphatic rings. The Morgan fingerprint density at radius 1 is 1.10 bits per heavy atom. The molecule has 31 heavy (non-hydrogen) atoms. The van der Waals surface area contributed by atoms with Crippen molar-refractivity contribution in [3.8, 4) is 0 Å². The highest BCUT2D eigenvalue weighted by Gasteiger charge is 2.21. The van der Waals surface area contributed by atoms with Gasteiger partial charge in [-0.2, -0.15) is 0 Å². The zero-order chi connectivity index (χ0) is 21.5. The van der Waals surface area contributed by atoms with Crippen molar-refractivity contribution in [1.29, 1.82) is 0 Å². The highest BCUT2D eigenvalue weighted by Crippen LogP contribution is 2.29. The molecule has 1 saturated heterocycles. The fourth-order valence-electron chi connectivity index (χ4n) is 4.08. The van der Waals surface area contributed by atoms with Gasteiger partial charge in [-0.25, -0.2) is 13.6 Å². The van der Waals surface area contributed by atoms with Crippen LogP contribution in [0.3, 0.4) is 0 Å². The van der Waals surface area contributed by atoms with Crippen LogP contribution >= 0.6 is 0 Å². The van der Waals surface area contributed by atoms with Crippen molar-refractivity contribution in [1.82, 2.24) is 29.6 Å². The standard InChI is InChI=1S/C22H28N6O2S/c29-31(30)24-11-7-18-4-3-5-20(14-18)19-8-12-27(13-9-19)15-22-17-28(26-25-22)16-21-6-1-2-10-23-21/h1-6,10,14,17,19,24H,7-9,11-13,15-16H2,(H,29,30). The summed E-state index contributed by atoms with van der Waals surface area (Å²) in [4.78, 5) is 6.78. The van der Waals surface area contributed by atoms with E-state index in [2.05, 4.69) is 49.2 Å². The van der Waals surface area contributed by atoms with Crippen molar-refractivity contribution in [2.24, 2.45) is 0 Å². The van der Waals surface area contributed by atoms with Gasteiger partial charge in [0.2, 0.25) is 11.3 Å². The first-order valence-corrected chi connectivity index (χ1v) is 11.7. The Labute approximate surface area is 185 Å². The molecule has 2 aromatic heterocycles. The maximum atomic E-state index is 10.7. The van der Waals surface area contributed by atoms with Crippen molar-refractivity contribution in [2.75, 3.05) is 19.6 Å². The molecule has 2 N–H and O–H groups in total. The van der Waals surface area contributed by atoms with Crippen LogP contribution in [0.1, 0.15) is 41.3 Å². The van der Waals surface area contributed by atoms with Crippen molar-refractivity contribution in [3.05, 3.63) is 77.4 Å². The maximum Gasteiger partial charge on any atom is 0.231 e. The van der Waals surface area contributed by atoms with Crippen LogP contribution in [0.2, 0.25) is 0 Å². The molecule has 0 amide bonds. The Balaban J connectivity index is 1.26. The molecule has 0 aliphatic carbocycles. The summed E-state index contributed by atoms with van der Waals surface area (Å²) in [5.41, 5.74) is 4.53. The third-order valence-corrected chi connectivity index (χ3v) is 6.12. The average molecular weight is 441 g/mol. The molecule has 0 bridgehead atoms. The number of piperidine rings is 1. The second-order valence-corrected chi connectivity index (χ2v) is 8.70. The van der Waals surface area contributed by atoms with Gasteiger partial charge in [-0.1, -0.05) is 35.5 Å². The van der Waals surface area contributed by atoms with E-state index in [4.69, 9.17) is 4.55 Å². The summed E-state index contributed by atoms with van der Waals surface area (Å²) in [5, 5.41) is 8.58. The minimum absolute atomic E-state index is 0.492. The van der Waals surface area contributed by atoms with Gasteiger partial charge < -0.3 is 0 Å². The fraction of sp³-hybridized carbons (Fsp3) is 0.409. The molecule has 0 saturated carbocycles. The third-order valence-electron chi connectivity index (χ3n) is 5.67. The molecular weight excluding hydrogens is 412 g/mol. The normalized spacial score (nSPS) is 16.4. The van der Waals surface area contributed by atoms with Crippen molar-refractivity contribution >= 4 is 11.3 Å². The Bertz CT molecular complexity index is 988. The zero-order valence-electron chi connectivity index (χ0n) is 17.4. The second-order valence-electron chi connectivity index (χ2n) is 7.92. The lowest BCUT2D eigenvalue weighted by molar-refractivity contribution is 0.202.